The van der Waals surface area contributed by atoms with Crippen molar-refractivity contribution in [3.8, 4) is 5.75 Å². The van der Waals surface area contributed by atoms with E-state index >= 15 is 0 Å². The van der Waals surface area contributed by atoms with Gasteiger partial charge in [0.05, 0.1) is 0 Å². The van der Waals surface area contributed by atoms with Gasteiger partial charge < -0.3 is 15.0 Å². The van der Waals surface area contributed by atoms with Gasteiger partial charge in [-0.15, -0.1) is 0 Å². The van der Waals surface area contributed by atoms with Crippen molar-refractivity contribution in [3.63, 3.8) is 0 Å². The van der Waals surface area contributed by atoms with E-state index in [0.717, 1.165) is 31.0 Å². The summed E-state index contributed by atoms with van der Waals surface area (Å²) >= 11 is 0. The zero-order chi connectivity index (χ0) is 18.8. The fourth-order valence-electron chi connectivity index (χ4n) is 2.45. The zero-order valence-electron chi connectivity index (χ0n) is 15.1. The second kappa shape index (κ2) is 10.4. The monoisotopic (exact) mass is 365 g/mol. The predicted octanol–water partition coefficient (Wildman–Crippen LogP) is 2.97. The van der Waals surface area contributed by atoms with Gasteiger partial charge in [-0.1, -0.05) is 12.1 Å². The fourth-order valence-corrected chi connectivity index (χ4v) is 2.45. The molecule has 0 spiro atoms. The minimum absolute atomic E-state index is 0.158. The molecule has 0 saturated heterocycles. The first kappa shape index (κ1) is 19.7. The van der Waals surface area contributed by atoms with Gasteiger partial charge in [-0.3, -0.25) is 9.67 Å². The molecule has 0 unspecified atom stereocenters. The lowest BCUT2D eigenvalue weighted by Crippen LogP contribution is -2.38. The number of nitrogens with zero attached hydrogens (tertiary/aromatic N) is 4. The molecule has 8 heteroatoms. The highest BCUT2D eigenvalue weighted by Crippen LogP contribution is 2.15. The van der Waals surface area contributed by atoms with Crippen molar-refractivity contribution in [1.29, 1.82) is 0 Å². The van der Waals surface area contributed by atoms with Crippen LogP contribution in [0.3, 0.4) is 0 Å². The summed E-state index contributed by atoms with van der Waals surface area (Å²) in [6, 6.07) is 8.54. The van der Waals surface area contributed by atoms with Gasteiger partial charge >= 0.3 is 6.61 Å². The number of rotatable bonds is 9. The van der Waals surface area contributed by atoms with E-state index in [1.807, 2.05) is 35.8 Å². The van der Waals surface area contributed by atoms with Crippen molar-refractivity contribution >= 4 is 5.96 Å². The van der Waals surface area contributed by atoms with E-state index in [9.17, 15) is 8.78 Å². The first-order valence-corrected chi connectivity index (χ1v) is 8.59. The minimum atomic E-state index is -2.81. The minimum Gasteiger partial charge on any atom is -0.435 e. The molecule has 1 N–H and O–H groups in total. The van der Waals surface area contributed by atoms with Gasteiger partial charge in [0.1, 0.15) is 5.75 Å². The molecule has 0 fully saturated rings. The quantitative estimate of drug-likeness (QED) is 0.422. The number of nitrogens with one attached hydrogen (secondary N) is 1. The van der Waals surface area contributed by atoms with Crippen molar-refractivity contribution in [2.75, 3.05) is 20.1 Å². The number of aliphatic imine (C=N–C) groups is 1. The summed E-state index contributed by atoms with van der Waals surface area (Å²) in [5, 5.41) is 7.43. The molecule has 0 bridgehead atoms. The van der Waals surface area contributed by atoms with E-state index in [1.54, 1.807) is 30.5 Å². The van der Waals surface area contributed by atoms with Crippen molar-refractivity contribution in [2.24, 2.45) is 4.99 Å². The van der Waals surface area contributed by atoms with E-state index < -0.39 is 6.61 Å². The first-order valence-electron chi connectivity index (χ1n) is 8.59. The average Bonchev–Trinajstić information content (AvgIpc) is 3.12. The standard InChI is InChI=1S/C18H25F2N5O/c1-3-21-18(22-10-4-12-25-13-5-11-23-25)24(2)14-15-6-8-16(9-7-15)26-17(19)20/h5-9,11,13,17H,3-4,10,12,14H2,1-2H3,(H,21,22). The molecule has 26 heavy (non-hydrogen) atoms. The van der Waals surface area contributed by atoms with Crippen LogP contribution in [0.4, 0.5) is 8.78 Å². The van der Waals surface area contributed by atoms with Crippen LogP contribution in [0.1, 0.15) is 18.9 Å². The van der Waals surface area contributed by atoms with Crippen LogP contribution in [0.15, 0.2) is 47.7 Å². The molecular weight excluding hydrogens is 340 g/mol. The largest absolute Gasteiger partial charge is 0.435 e. The van der Waals surface area contributed by atoms with Crippen molar-refractivity contribution in [2.45, 2.75) is 33.0 Å². The van der Waals surface area contributed by atoms with Crippen LogP contribution in [0.5, 0.6) is 5.75 Å². The third-order valence-electron chi connectivity index (χ3n) is 3.63. The lowest BCUT2D eigenvalue weighted by molar-refractivity contribution is -0.0498. The Morgan fingerprint density at radius 3 is 2.73 bits per heavy atom. The van der Waals surface area contributed by atoms with Gasteiger partial charge in [-0.2, -0.15) is 13.9 Å². The lowest BCUT2D eigenvalue weighted by Gasteiger charge is -2.22. The number of hydrogen-bond acceptors (Lipinski definition) is 3. The zero-order valence-corrected chi connectivity index (χ0v) is 15.1. The summed E-state index contributed by atoms with van der Waals surface area (Å²) in [5.41, 5.74) is 0.983. The van der Waals surface area contributed by atoms with Gasteiger partial charge in [0.2, 0.25) is 0 Å². The Hall–Kier alpha value is -2.64. The molecule has 1 aromatic heterocycles. The van der Waals surface area contributed by atoms with Crippen LogP contribution in [0.25, 0.3) is 0 Å². The van der Waals surface area contributed by atoms with Gasteiger partial charge in [-0.25, -0.2) is 0 Å². The molecule has 0 radical (unpaired) electrons. The summed E-state index contributed by atoms with van der Waals surface area (Å²) < 4.78 is 30.6. The van der Waals surface area contributed by atoms with E-state index in [-0.39, 0.29) is 5.75 Å². The first-order chi connectivity index (χ1) is 12.6. The highest BCUT2D eigenvalue weighted by atomic mass is 19.3. The SMILES string of the molecule is CCNC(=NCCCn1cccn1)N(C)Cc1ccc(OC(F)F)cc1. The third kappa shape index (κ3) is 6.70. The summed E-state index contributed by atoms with van der Waals surface area (Å²) in [7, 11) is 1.94. The van der Waals surface area contributed by atoms with Crippen molar-refractivity contribution < 1.29 is 13.5 Å². The average molecular weight is 365 g/mol. The highest BCUT2D eigenvalue weighted by molar-refractivity contribution is 5.79. The molecule has 1 aromatic carbocycles. The number of halogens is 2. The number of benzene rings is 1. The summed E-state index contributed by atoms with van der Waals surface area (Å²) in [6.45, 7) is 2.10. The summed E-state index contributed by atoms with van der Waals surface area (Å²) in [4.78, 5) is 6.63. The molecule has 0 aliphatic rings. The fraction of sp³-hybridized carbons (Fsp3) is 0.444. The van der Waals surface area contributed by atoms with Gasteiger partial charge in [0.15, 0.2) is 5.96 Å². The Kier molecular flexibility index (Phi) is 7.85. The maximum atomic E-state index is 12.2. The number of hydrogen-bond donors (Lipinski definition) is 1. The van der Waals surface area contributed by atoms with Crippen molar-refractivity contribution in [3.05, 3.63) is 48.3 Å². The molecule has 0 amide bonds. The Balaban J connectivity index is 1.87. The molecule has 6 nitrogen and oxygen atoms in total. The second-order valence-corrected chi connectivity index (χ2v) is 5.74. The summed E-state index contributed by atoms with van der Waals surface area (Å²) in [6.07, 6.45) is 4.59. The number of alkyl halides is 2. The van der Waals surface area contributed by atoms with E-state index in [2.05, 4.69) is 20.1 Å². The van der Waals surface area contributed by atoms with Gasteiger partial charge in [-0.05, 0) is 37.1 Å². The van der Waals surface area contributed by atoms with E-state index in [1.165, 1.54) is 0 Å². The van der Waals surface area contributed by atoms with Crippen LogP contribution in [0.2, 0.25) is 0 Å². The molecule has 142 valence electrons. The molecule has 2 rings (SSSR count). The molecule has 0 aliphatic heterocycles. The smallest absolute Gasteiger partial charge is 0.387 e. The van der Waals surface area contributed by atoms with Crippen LogP contribution in [-0.2, 0) is 13.1 Å². The third-order valence-corrected chi connectivity index (χ3v) is 3.63. The lowest BCUT2D eigenvalue weighted by atomic mass is 10.2. The molecule has 1 heterocycles. The topological polar surface area (TPSA) is 54.7 Å². The molecule has 0 aliphatic carbocycles. The van der Waals surface area contributed by atoms with Crippen LogP contribution < -0.4 is 10.1 Å². The normalized spacial score (nSPS) is 11.7. The Morgan fingerprint density at radius 2 is 2.12 bits per heavy atom. The maximum Gasteiger partial charge on any atom is 0.387 e. The Morgan fingerprint density at radius 1 is 1.35 bits per heavy atom. The number of aryl methyl sites for hydroxylation is 1. The highest BCUT2D eigenvalue weighted by Gasteiger charge is 2.08. The predicted molar refractivity (Wildman–Crippen MR) is 97.4 cm³/mol. The Labute approximate surface area is 152 Å². The molecular formula is C18H25F2N5O. The Bertz CT molecular complexity index is 659. The van der Waals surface area contributed by atoms with E-state index in [4.69, 9.17) is 0 Å². The number of ether oxygens (including phenoxy) is 1. The van der Waals surface area contributed by atoms with Crippen LogP contribution in [-0.4, -0.2) is 47.4 Å². The number of aromatic nitrogens is 2. The molecule has 0 atom stereocenters. The molecule has 0 saturated carbocycles. The van der Waals surface area contributed by atoms with Gasteiger partial charge in [0, 0.05) is 45.6 Å². The summed E-state index contributed by atoms with van der Waals surface area (Å²) in [5.74, 6) is 0.964. The molecule has 2 aromatic rings. The van der Waals surface area contributed by atoms with Crippen LogP contribution >= 0.6 is 0 Å². The maximum absolute atomic E-state index is 12.2. The van der Waals surface area contributed by atoms with E-state index in [0.29, 0.717) is 13.1 Å². The van der Waals surface area contributed by atoms with Crippen molar-refractivity contribution in [1.82, 2.24) is 20.0 Å². The van der Waals surface area contributed by atoms with Crippen LogP contribution in [0, 0.1) is 0 Å². The second-order valence-electron chi connectivity index (χ2n) is 5.74. The van der Waals surface area contributed by atoms with Gasteiger partial charge in [0.25, 0.3) is 0 Å². The number of guanidine groups is 1.